The second kappa shape index (κ2) is 6.73. The number of carbonyl (C=O) groups excluding carboxylic acids is 2. The molecule has 2 aliphatic heterocycles. The average Bonchev–Trinajstić information content (AvgIpc) is 3.11. The summed E-state index contributed by atoms with van der Waals surface area (Å²) in [5, 5.41) is 16.8. The topological polar surface area (TPSA) is 116 Å². The van der Waals surface area contributed by atoms with Gasteiger partial charge in [-0.15, -0.1) is 0 Å². The summed E-state index contributed by atoms with van der Waals surface area (Å²) in [6, 6.07) is 9.03. The van der Waals surface area contributed by atoms with Crippen LogP contribution in [0.4, 0.5) is 0 Å². The molecule has 0 bridgehead atoms. The van der Waals surface area contributed by atoms with Crippen LogP contribution in [0.15, 0.2) is 34.5 Å². The van der Waals surface area contributed by atoms with Crippen molar-refractivity contribution in [2.75, 3.05) is 6.61 Å². The predicted molar refractivity (Wildman–Crippen MR) is 89.8 cm³/mol. The molecule has 0 aromatic heterocycles. The number of nitrogens with zero attached hydrogens (tertiary/aromatic N) is 3. The lowest BCUT2D eigenvalue weighted by atomic mass is 9.73. The lowest BCUT2D eigenvalue weighted by Crippen LogP contribution is -2.38. The van der Waals surface area contributed by atoms with Crippen LogP contribution >= 0.6 is 0 Å². The second-order valence-electron chi connectivity index (χ2n) is 5.92. The van der Waals surface area contributed by atoms with Gasteiger partial charge in [0.15, 0.2) is 6.61 Å². The smallest absolute Gasteiger partial charge is 0.249 e. The molecule has 3 rings (SSSR count). The number of ether oxygens (including phenoxy) is 1. The maximum Gasteiger partial charge on any atom is 0.249 e. The molecule has 1 aromatic rings. The Hall–Kier alpha value is -3.21. The molecule has 2 amide bonds. The third-order valence-corrected chi connectivity index (χ3v) is 4.44. The highest BCUT2D eigenvalue weighted by molar-refractivity contribution is 6.12. The van der Waals surface area contributed by atoms with Gasteiger partial charge in [-0.2, -0.15) is 15.5 Å². The van der Waals surface area contributed by atoms with E-state index in [2.05, 4.69) is 21.1 Å². The molecule has 8 nitrogen and oxygen atoms in total. The second-order valence-corrected chi connectivity index (χ2v) is 5.92. The average molecular weight is 339 g/mol. The Kier molecular flexibility index (Phi) is 4.48. The molecule has 2 heterocycles. The fourth-order valence-corrected chi connectivity index (χ4v) is 3.34. The van der Waals surface area contributed by atoms with Gasteiger partial charge in [0.25, 0.3) is 0 Å². The summed E-state index contributed by atoms with van der Waals surface area (Å²) >= 11 is 0. The van der Waals surface area contributed by atoms with Gasteiger partial charge in [0, 0.05) is 17.3 Å². The van der Waals surface area contributed by atoms with Gasteiger partial charge in [0.2, 0.25) is 11.8 Å². The third kappa shape index (κ3) is 2.96. The molecule has 128 valence electrons. The number of nitriles is 1. The zero-order valence-corrected chi connectivity index (χ0v) is 13.8. The van der Waals surface area contributed by atoms with E-state index >= 15 is 0 Å². The summed E-state index contributed by atoms with van der Waals surface area (Å²) in [6.45, 7) is 3.36. The summed E-state index contributed by atoms with van der Waals surface area (Å²) in [7, 11) is 0. The first-order chi connectivity index (χ1) is 12.0. The Balaban J connectivity index is 2.11. The van der Waals surface area contributed by atoms with Crippen LogP contribution < -0.4 is 15.6 Å². The fraction of sp³-hybridized carbons (Fsp3) is 0.353. The van der Waals surface area contributed by atoms with Crippen molar-refractivity contribution in [3.8, 4) is 11.8 Å². The Bertz CT molecular complexity index is 786. The van der Waals surface area contributed by atoms with Crippen LogP contribution in [-0.2, 0) is 9.59 Å². The highest BCUT2D eigenvalue weighted by atomic mass is 16.5. The Morgan fingerprint density at radius 3 is 2.16 bits per heavy atom. The molecule has 0 saturated carbocycles. The van der Waals surface area contributed by atoms with Gasteiger partial charge < -0.3 is 4.74 Å². The number of rotatable bonds is 5. The van der Waals surface area contributed by atoms with Crippen LogP contribution in [0.1, 0.15) is 25.3 Å². The molecular formula is C17H17N5O3. The maximum atomic E-state index is 12.4. The number of amides is 2. The third-order valence-electron chi connectivity index (χ3n) is 4.44. The molecule has 0 fully saturated rings. The van der Waals surface area contributed by atoms with Crippen LogP contribution in [0.5, 0.6) is 5.75 Å². The first kappa shape index (κ1) is 16.6. The predicted octanol–water partition coefficient (Wildman–Crippen LogP) is 0.916. The van der Waals surface area contributed by atoms with Crippen molar-refractivity contribution in [1.29, 1.82) is 5.26 Å². The minimum atomic E-state index is -0.620. The van der Waals surface area contributed by atoms with E-state index in [1.165, 1.54) is 0 Å². The van der Waals surface area contributed by atoms with E-state index in [-0.39, 0.29) is 18.4 Å². The summed E-state index contributed by atoms with van der Waals surface area (Å²) in [4.78, 5) is 24.8. The number of para-hydroxylation sites is 1. The Labute approximate surface area is 144 Å². The minimum Gasteiger partial charge on any atom is -0.478 e. The molecule has 0 saturated heterocycles. The highest BCUT2D eigenvalue weighted by Crippen LogP contribution is 2.41. The van der Waals surface area contributed by atoms with Gasteiger partial charge in [0.05, 0.1) is 11.8 Å². The van der Waals surface area contributed by atoms with Crippen LogP contribution in [0.25, 0.3) is 0 Å². The summed E-state index contributed by atoms with van der Waals surface area (Å²) < 4.78 is 5.52. The van der Waals surface area contributed by atoms with E-state index in [1.54, 1.807) is 38.1 Å². The van der Waals surface area contributed by atoms with Gasteiger partial charge in [-0.1, -0.05) is 18.2 Å². The molecular weight excluding hydrogens is 322 g/mol. The zero-order valence-electron chi connectivity index (χ0n) is 13.8. The van der Waals surface area contributed by atoms with Crippen molar-refractivity contribution in [2.24, 2.45) is 22.0 Å². The summed E-state index contributed by atoms with van der Waals surface area (Å²) in [5.41, 5.74) is 6.80. The monoisotopic (exact) mass is 339 g/mol. The number of benzene rings is 1. The summed E-state index contributed by atoms with van der Waals surface area (Å²) in [5.74, 6) is -1.85. The zero-order chi connectivity index (χ0) is 18.0. The van der Waals surface area contributed by atoms with Crippen molar-refractivity contribution < 1.29 is 14.3 Å². The van der Waals surface area contributed by atoms with E-state index < -0.39 is 17.8 Å². The molecule has 0 spiro atoms. The van der Waals surface area contributed by atoms with Crippen LogP contribution in [0, 0.1) is 23.2 Å². The van der Waals surface area contributed by atoms with Gasteiger partial charge in [-0.05, 0) is 25.5 Å². The fourth-order valence-electron chi connectivity index (χ4n) is 3.34. The first-order valence-corrected chi connectivity index (χ1v) is 7.81. The Morgan fingerprint density at radius 2 is 1.68 bits per heavy atom. The Morgan fingerprint density at radius 1 is 1.12 bits per heavy atom. The van der Waals surface area contributed by atoms with E-state index in [1.807, 2.05) is 6.07 Å². The van der Waals surface area contributed by atoms with Gasteiger partial charge in [-0.3, -0.25) is 9.59 Å². The van der Waals surface area contributed by atoms with Crippen LogP contribution in [0.2, 0.25) is 0 Å². The molecule has 2 aliphatic rings. The number of hydrogen-bond donors (Lipinski definition) is 2. The molecule has 0 aliphatic carbocycles. The van der Waals surface area contributed by atoms with E-state index in [0.717, 1.165) is 0 Å². The number of nitrogens with one attached hydrogen (secondary N) is 2. The van der Waals surface area contributed by atoms with Crippen molar-refractivity contribution >= 4 is 23.2 Å². The molecule has 0 radical (unpaired) electrons. The van der Waals surface area contributed by atoms with Crippen LogP contribution in [-0.4, -0.2) is 29.8 Å². The lowest BCUT2D eigenvalue weighted by molar-refractivity contribution is -0.125. The normalized spacial score (nSPS) is 23.2. The van der Waals surface area contributed by atoms with Crippen molar-refractivity contribution in [1.82, 2.24) is 10.9 Å². The van der Waals surface area contributed by atoms with Crippen molar-refractivity contribution in [2.45, 2.75) is 19.8 Å². The van der Waals surface area contributed by atoms with E-state index in [4.69, 9.17) is 10.00 Å². The minimum absolute atomic E-state index is 0.127. The molecule has 1 aromatic carbocycles. The van der Waals surface area contributed by atoms with Crippen molar-refractivity contribution in [3.05, 3.63) is 29.8 Å². The van der Waals surface area contributed by atoms with Crippen LogP contribution in [0.3, 0.4) is 0 Å². The van der Waals surface area contributed by atoms with Gasteiger partial charge in [0.1, 0.15) is 11.8 Å². The molecule has 2 atom stereocenters. The number of hydrazone groups is 2. The largest absolute Gasteiger partial charge is 0.478 e. The molecule has 2 N–H and O–H groups in total. The first-order valence-electron chi connectivity index (χ1n) is 7.81. The maximum absolute atomic E-state index is 12.4. The highest BCUT2D eigenvalue weighted by Gasteiger charge is 2.46. The molecule has 25 heavy (non-hydrogen) atoms. The lowest BCUT2D eigenvalue weighted by Gasteiger charge is -2.28. The SMILES string of the molecule is CC1=NNC(=O)C1C(c1ccccc1OCC#N)C1C(=O)NN=C1C. The number of carbonyl (C=O) groups is 2. The quantitative estimate of drug-likeness (QED) is 0.829. The van der Waals surface area contributed by atoms with Crippen molar-refractivity contribution in [3.63, 3.8) is 0 Å². The molecule has 2 unspecified atom stereocenters. The molecule has 8 heteroatoms. The van der Waals surface area contributed by atoms with Gasteiger partial charge in [-0.25, -0.2) is 10.9 Å². The summed E-state index contributed by atoms with van der Waals surface area (Å²) in [6.07, 6.45) is 0. The van der Waals surface area contributed by atoms with E-state index in [0.29, 0.717) is 22.7 Å². The van der Waals surface area contributed by atoms with Gasteiger partial charge >= 0.3 is 0 Å². The number of hydrogen-bond acceptors (Lipinski definition) is 6. The van der Waals surface area contributed by atoms with E-state index in [9.17, 15) is 9.59 Å². The standard InChI is InChI=1S/C17H17N5O3/c1-9-13(16(23)21-19-9)15(14-10(2)20-22-17(14)24)11-5-3-4-6-12(11)25-8-7-18/h3-6,13-15H,8H2,1-2H3,(H,21,23)(H,22,24).